The molecule has 1 aliphatic heterocycles. The maximum Gasteiger partial charge on any atom is 0.234 e. The van der Waals surface area contributed by atoms with Gasteiger partial charge in [0.2, 0.25) is 11.0 Å². The van der Waals surface area contributed by atoms with Crippen molar-refractivity contribution in [3.8, 4) is 0 Å². The molecular weight excluding hydrogens is 368 g/mol. The number of aryl methyl sites for hydroxylation is 3. The second-order valence-electron chi connectivity index (χ2n) is 6.50. The quantitative estimate of drug-likeness (QED) is 0.698. The Balaban J connectivity index is 1.47. The van der Waals surface area contributed by atoms with Crippen LogP contribution in [0.4, 0.5) is 10.8 Å². The molecule has 1 aromatic heterocycles. The summed E-state index contributed by atoms with van der Waals surface area (Å²) in [6.45, 7) is 7.69. The van der Waals surface area contributed by atoms with Crippen molar-refractivity contribution in [2.45, 2.75) is 44.1 Å². The van der Waals surface area contributed by atoms with Gasteiger partial charge in [-0.15, -0.1) is 10.2 Å². The first kappa shape index (κ1) is 19.1. The Kier molecular flexibility index (Phi) is 6.50. The Morgan fingerprint density at radius 3 is 2.77 bits per heavy atom. The molecule has 2 heterocycles. The average molecular weight is 393 g/mol. The summed E-state index contributed by atoms with van der Waals surface area (Å²) in [6.07, 6.45) is 2.48. The van der Waals surface area contributed by atoms with Crippen LogP contribution in [0.1, 0.15) is 29.5 Å². The maximum absolute atomic E-state index is 12.3. The van der Waals surface area contributed by atoms with E-state index < -0.39 is 0 Å². The highest BCUT2D eigenvalue weighted by Gasteiger charge is 2.16. The molecule has 0 radical (unpaired) electrons. The number of aromatic nitrogens is 2. The standard InChI is InChI=1S/C18H24N4O2S2/c1-11-7-12(2)16(13(3)8-11)20-15(23)10-25-18-22-21-17(26-18)19-9-14-5-4-6-24-14/h7-8,14H,4-6,9-10H2,1-3H3,(H,19,21)(H,20,23). The molecule has 6 nitrogen and oxygen atoms in total. The van der Waals surface area contributed by atoms with E-state index >= 15 is 0 Å². The van der Waals surface area contributed by atoms with E-state index in [4.69, 9.17) is 4.74 Å². The third kappa shape index (κ3) is 5.18. The molecule has 140 valence electrons. The minimum absolute atomic E-state index is 0.0332. The van der Waals surface area contributed by atoms with E-state index in [2.05, 4.69) is 39.9 Å². The molecular formula is C18H24N4O2S2. The van der Waals surface area contributed by atoms with Crippen molar-refractivity contribution < 1.29 is 9.53 Å². The lowest BCUT2D eigenvalue weighted by molar-refractivity contribution is -0.113. The highest BCUT2D eigenvalue weighted by molar-refractivity contribution is 8.01. The number of nitrogens with zero attached hydrogens (tertiary/aromatic N) is 2. The van der Waals surface area contributed by atoms with Crippen molar-refractivity contribution >= 4 is 39.8 Å². The van der Waals surface area contributed by atoms with Crippen LogP contribution in [0.3, 0.4) is 0 Å². The van der Waals surface area contributed by atoms with Crippen molar-refractivity contribution in [1.29, 1.82) is 0 Å². The van der Waals surface area contributed by atoms with Gasteiger partial charge in [-0.25, -0.2) is 0 Å². The monoisotopic (exact) mass is 392 g/mol. The van der Waals surface area contributed by atoms with Gasteiger partial charge in [-0.1, -0.05) is 40.8 Å². The van der Waals surface area contributed by atoms with Gasteiger partial charge in [-0.3, -0.25) is 4.79 Å². The Morgan fingerprint density at radius 2 is 2.08 bits per heavy atom. The Bertz CT molecular complexity index is 749. The minimum atomic E-state index is -0.0332. The summed E-state index contributed by atoms with van der Waals surface area (Å²) in [4.78, 5) is 12.3. The van der Waals surface area contributed by atoms with Crippen LogP contribution in [0.2, 0.25) is 0 Å². The molecule has 0 spiro atoms. The summed E-state index contributed by atoms with van der Waals surface area (Å²) >= 11 is 2.87. The van der Waals surface area contributed by atoms with E-state index in [1.807, 2.05) is 13.8 Å². The van der Waals surface area contributed by atoms with Crippen LogP contribution in [0.15, 0.2) is 16.5 Å². The van der Waals surface area contributed by atoms with Gasteiger partial charge in [0.25, 0.3) is 0 Å². The predicted octanol–water partition coefficient (Wildman–Crippen LogP) is 3.79. The number of carbonyl (C=O) groups is 1. The SMILES string of the molecule is Cc1cc(C)c(NC(=O)CSc2nnc(NCC3CCCO3)s2)c(C)c1. The molecule has 1 atom stereocenters. The zero-order chi connectivity index (χ0) is 18.5. The number of amides is 1. The fourth-order valence-electron chi connectivity index (χ4n) is 3.03. The number of thioether (sulfide) groups is 1. The Morgan fingerprint density at radius 1 is 1.31 bits per heavy atom. The van der Waals surface area contributed by atoms with Crippen molar-refractivity contribution in [2.75, 3.05) is 29.5 Å². The molecule has 2 N–H and O–H groups in total. The lowest BCUT2D eigenvalue weighted by Gasteiger charge is -2.12. The second kappa shape index (κ2) is 8.83. The topological polar surface area (TPSA) is 76.1 Å². The van der Waals surface area contributed by atoms with Gasteiger partial charge in [-0.2, -0.15) is 0 Å². The zero-order valence-electron chi connectivity index (χ0n) is 15.3. The number of nitrogens with one attached hydrogen (secondary N) is 2. The van der Waals surface area contributed by atoms with Crippen LogP contribution >= 0.6 is 23.1 Å². The molecule has 26 heavy (non-hydrogen) atoms. The van der Waals surface area contributed by atoms with Gasteiger partial charge in [0, 0.05) is 18.8 Å². The van der Waals surface area contributed by atoms with E-state index in [9.17, 15) is 4.79 Å². The van der Waals surface area contributed by atoms with Crippen LogP contribution in [0.25, 0.3) is 0 Å². The van der Waals surface area contributed by atoms with Crippen LogP contribution in [0.5, 0.6) is 0 Å². The molecule has 1 amide bonds. The van der Waals surface area contributed by atoms with Gasteiger partial charge < -0.3 is 15.4 Å². The first-order valence-corrected chi connectivity index (χ1v) is 10.5. The molecule has 0 aliphatic carbocycles. The van der Waals surface area contributed by atoms with E-state index in [1.165, 1.54) is 28.7 Å². The second-order valence-corrected chi connectivity index (χ2v) is 8.70. The number of hydrogen-bond donors (Lipinski definition) is 2. The first-order chi connectivity index (χ1) is 12.5. The normalized spacial score (nSPS) is 16.7. The molecule has 0 saturated carbocycles. The Hall–Kier alpha value is -1.64. The van der Waals surface area contributed by atoms with Crippen LogP contribution in [0, 0.1) is 20.8 Å². The zero-order valence-corrected chi connectivity index (χ0v) is 16.9. The van der Waals surface area contributed by atoms with Crippen LogP contribution < -0.4 is 10.6 Å². The summed E-state index contributed by atoms with van der Waals surface area (Å²) in [5.74, 6) is 0.279. The number of anilines is 2. The summed E-state index contributed by atoms with van der Waals surface area (Å²) < 4.78 is 6.36. The fourth-order valence-corrected chi connectivity index (χ4v) is 4.58. The van der Waals surface area contributed by atoms with Gasteiger partial charge in [-0.05, 0) is 44.7 Å². The maximum atomic E-state index is 12.3. The largest absolute Gasteiger partial charge is 0.376 e. The van der Waals surface area contributed by atoms with Crippen molar-refractivity contribution in [2.24, 2.45) is 0 Å². The number of ether oxygens (including phenoxy) is 1. The first-order valence-electron chi connectivity index (χ1n) is 8.71. The molecule has 1 aliphatic rings. The summed E-state index contributed by atoms with van der Waals surface area (Å²) in [5.41, 5.74) is 4.26. The van der Waals surface area contributed by atoms with E-state index in [0.29, 0.717) is 5.75 Å². The summed E-state index contributed by atoms with van der Waals surface area (Å²) in [6, 6.07) is 4.15. The average Bonchev–Trinajstić information content (AvgIpc) is 3.25. The molecule has 1 saturated heterocycles. The van der Waals surface area contributed by atoms with E-state index in [0.717, 1.165) is 52.3 Å². The molecule has 1 fully saturated rings. The van der Waals surface area contributed by atoms with Crippen LogP contribution in [-0.4, -0.2) is 41.1 Å². The predicted molar refractivity (Wildman–Crippen MR) is 107 cm³/mol. The number of benzene rings is 1. The lowest BCUT2D eigenvalue weighted by atomic mass is 10.1. The smallest absolute Gasteiger partial charge is 0.234 e. The van der Waals surface area contributed by atoms with E-state index in [-0.39, 0.29) is 12.0 Å². The van der Waals surface area contributed by atoms with Gasteiger partial charge in [0.15, 0.2) is 4.34 Å². The van der Waals surface area contributed by atoms with Crippen LogP contribution in [-0.2, 0) is 9.53 Å². The van der Waals surface area contributed by atoms with Gasteiger partial charge in [0.1, 0.15) is 0 Å². The highest BCUT2D eigenvalue weighted by Crippen LogP contribution is 2.27. The number of carbonyl (C=O) groups excluding carboxylic acids is 1. The molecule has 1 aromatic carbocycles. The molecule has 1 unspecified atom stereocenters. The molecule has 3 rings (SSSR count). The van der Waals surface area contributed by atoms with Crippen molar-refractivity contribution in [3.63, 3.8) is 0 Å². The fraction of sp³-hybridized carbons (Fsp3) is 0.500. The van der Waals surface area contributed by atoms with E-state index in [1.54, 1.807) is 0 Å². The third-order valence-electron chi connectivity index (χ3n) is 4.18. The lowest BCUT2D eigenvalue weighted by Crippen LogP contribution is -2.18. The summed E-state index contributed by atoms with van der Waals surface area (Å²) in [5, 5.41) is 15.3. The van der Waals surface area contributed by atoms with Gasteiger partial charge in [0.05, 0.1) is 11.9 Å². The van der Waals surface area contributed by atoms with Gasteiger partial charge >= 0.3 is 0 Å². The summed E-state index contributed by atoms with van der Waals surface area (Å²) in [7, 11) is 0. The third-order valence-corrected chi connectivity index (χ3v) is 6.19. The van der Waals surface area contributed by atoms with Crippen molar-refractivity contribution in [1.82, 2.24) is 10.2 Å². The minimum Gasteiger partial charge on any atom is -0.376 e. The van der Waals surface area contributed by atoms with Crippen molar-refractivity contribution in [3.05, 3.63) is 28.8 Å². The number of hydrogen-bond acceptors (Lipinski definition) is 7. The number of rotatable bonds is 7. The molecule has 0 bridgehead atoms. The molecule has 8 heteroatoms. The highest BCUT2D eigenvalue weighted by atomic mass is 32.2. The molecule has 2 aromatic rings. The Labute approximate surface area is 162 Å².